The molecule has 1 aromatic heterocycles. The van der Waals surface area contributed by atoms with Gasteiger partial charge < -0.3 is 10.6 Å². The van der Waals surface area contributed by atoms with E-state index in [1.54, 1.807) is 72.8 Å². The van der Waals surface area contributed by atoms with Gasteiger partial charge in [0.15, 0.2) is 0 Å². The Morgan fingerprint density at radius 3 is 1.90 bits per heavy atom. The number of anilines is 1. The zero-order valence-corrected chi connectivity index (χ0v) is 26.3. The van der Waals surface area contributed by atoms with Crippen LogP contribution in [0.2, 0.25) is 0 Å². The first-order valence-corrected chi connectivity index (χ1v) is 15.6. The van der Waals surface area contributed by atoms with Crippen molar-refractivity contribution in [3.63, 3.8) is 0 Å². The van der Waals surface area contributed by atoms with Gasteiger partial charge >= 0.3 is 12.4 Å². The summed E-state index contributed by atoms with van der Waals surface area (Å²) in [7, 11) is 0. The first-order valence-electron chi connectivity index (χ1n) is 15.6. The average molecular weight is 686 g/mol. The zero-order chi connectivity index (χ0) is 35.5. The number of alkyl halides is 6. The Balaban J connectivity index is 1.16. The molecular weight excluding hydrogens is 656 g/mol. The summed E-state index contributed by atoms with van der Waals surface area (Å²) < 4.78 is 78.5. The minimum absolute atomic E-state index is 0.202. The Bertz CT molecular complexity index is 2010. The maximum atomic E-state index is 13.7. The Kier molecular flexibility index (Phi) is 9.33. The summed E-state index contributed by atoms with van der Waals surface area (Å²) in [6, 6.07) is 28.9. The fourth-order valence-electron chi connectivity index (χ4n) is 6.34. The van der Waals surface area contributed by atoms with Crippen molar-refractivity contribution in [2.45, 2.75) is 30.6 Å². The van der Waals surface area contributed by atoms with E-state index in [1.807, 2.05) is 24.3 Å². The summed E-state index contributed by atoms with van der Waals surface area (Å²) in [6.45, 7) is -1.44. The second kappa shape index (κ2) is 13.7. The third-order valence-corrected chi connectivity index (χ3v) is 8.61. The molecule has 0 bridgehead atoms. The Hall–Kier alpha value is -5.71. The number of carbonyl (C=O) groups excluding carboxylic acids is 2. The highest BCUT2D eigenvalue weighted by Crippen LogP contribution is 2.51. The van der Waals surface area contributed by atoms with Crippen LogP contribution in [0.1, 0.15) is 45.6 Å². The lowest BCUT2D eigenvalue weighted by molar-refractivity contribution is -0.141. The fourth-order valence-corrected chi connectivity index (χ4v) is 6.34. The van der Waals surface area contributed by atoms with Crippen LogP contribution in [0.25, 0.3) is 28.3 Å². The highest BCUT2D eigenvalue weighted by atomic mass is 19.4. The van der Waals surface area contributed by atoms with Crippen LogP contribution in [0.15, 0.2) is 121 Å². The molecule has 0 fully saturated rings. The Labute approximate surface area is 283 Å². The van der Waals surface area contributed by atoms with Gasteiger partial charge in [-0.1, -0.05) is 84.9 Å². The second-order valence-electron chi connectivity index (χ2n) is 11.8. The minimum Gasteiger partial charge on any atom is -0.346 e. The summed E-state index contributed by atoms with van der Waals surface area (Å²) in [4.78, 5) is 31.2. The van der Waals surface area contributed by atoms with Gasteiger partial charge in [0.25, 0.3) is 5.91 Å². The molecule has 0 spiro atoms. The smallest absolute Gasteiger partial charge is 0.346 e. The SMILES string of the molecule is O=C(Nc1ccc(C=CCCC2(C(=O)NCC(F)(F)F)c3ccccc3-c3ccccc32)nc1)c1ccccc1-c1ccc(C(F)(F)F)cc1. The van der Waals surface area contributed by atoms with E-state index < -0.39 is 41.7 Å². The van der Waals surface area contributed by atoms with Crippen LogP contribution in [-0.2, 0) is 16.4 Å². The van der Waals surface area contributed by atoms with Gasteiger partial charge in [0.1, 0.15) is 12.0 Å². The number of halogens is 6. The van der Waals surface area contributed by atoms with Crippen molar-refractivity contribution < 1.29 is 35.9 Å². The molecule has 6 rings (SSSR count). The summed E-state index contributed by atoms with van der Waals surface area (Å²) in [6.07, 6.45) is -3.54. The second-order valence-corrected chi connectivity index (χ2v) is 11.8. The van der Waals surface area contributed by atoms with Gasteiger partial charge in [-0.15, -0.1) is 0 Å². The van der Waals surface area contributed by atoms with Gasteiger partial charge in [-0.2, -0.15) is 26.3 Å². The molecular formula is C39H29F6N3O2. The van der Waals surface area contributed by atoms with E-state index in [4.69, 9.17) is 0 Å². The molecule has 254 valence electrons. The third-order valence-electron chi connectivity index (χ3n) is 8.61. The van der Waals surface area contributed by atoms with Gasteiger partial charge in [0.05, 0.1) is 23.1 Å². The van der Waals surface area contributed by atoms with E-state index in [-0.39, 0.29) is 12.0 Å². The molecule has 1 aliphatic carbocycles. The number of nitrogens with one attached hydrogen (secondary N) is 2. The topological polar surface area (TPSA) is 71.1 Å². The van der Waals surface area contributed by atoms with Crippen LogP contribution in [0.5, 0.6) is 0 Å². The molecule has 2 amide bonds. The number of allylic oxidation sites excluding steroid dienone is 1. The number of rotatable bonds is 9. The molecule has 5 aromatic rings. The molecule has 4 aromatic carbocycles. The number of pyridine rings is 1. The van der Waals surface area contributed by atoms with Crippen molar-refractivity contribution in [3.8, 4) is 22.3 Å². The van der Waals surface area contributed by atoms with E-state index in [9.17, 15) is 35.9 Å². The van der Waals surface area contributed by atoms with Gasteiger partial charge in [0, 0.05) is 5.56 Å². The van der Waals surface area contributed by atoms with Gasteiger partial charge in [0.2, 0.25) is 5.91 Å². The van der Waals surface area contributed by atoms with Gasteiger partial charge in [-0.05, 0) is 82.6 Å². The van der Waals surface area contributed by atoms with Crippen molar-refractivity contribution in [1.29, 1.82) is 0 Å². The lowest BCUT2D eigenvalue weighted by Gasteiger charge is -2.30. The van der Waals surface area contributed by atoms with Gasteiger partial charge in [-0.3, -0.25) is 14.6 Å². The maximum absolute atomic E-state index is 13.7. The first-order chi connectivity index (χ1) is 23.9. The number of nitrogens with zero attached hydrogens (tertiary/aromatic N) is 1. The molecule has 5 nitrogen and oxygen atoms in total. The van der Waals surface area contributed by atoms with E-state index in [0.29, 0.717) is 40.1 Å². The molecule has 50 heavy (non-hydrogen) atoms. The van der Waals surface area contributed by atoms with E-state index in [2.05, 4.69) is 15.6 Å². The third kappa shape index (κ3) is 7.03. The van der Waals surface area contributed by atoms with Crippen LogP contribution in [-0.4, -0.2) is 29.5 Å². The van der Waals surface area contributed by atoms with Crippen molar-refractivity contribution in [1.82, 2.24) is 10.3 Å². The zero-order valence-electron chi connectivity index (χ0n) is 26.3. The summed E-state index contributed by atoms with van der Waals surface area (Å²) in [5.41, 5.74) is 2.87. The van der Waals surface area contributed by atoms with E-state index in [1.165, 1.54) is 18.3 Å². The van der Waals surface area contributed by atoms with Crippen LogP contribution in [0.3, 0.4) is 0 Å². The largest absolute Gasteiger partial charge is 0.416 e. The highest BCUT2D eigenvalue weighted by molar-refractivity contribution is 6.08. The van der Waals surface area contributed by atoms with Crippen molar-refractivity contribution in [2.75, 3.05) is 11.9 Å². The van der Waals surface area contributed by atoms with Crippen LogP contribution >= 0.6 is 0 Å². The standard InChI is InChI=1S/C39H29F6N3O2/c40-38(41,42)24-47-36(50)37(33-14-5-3-11-30(33)31-12-4-6-15-34(31)37)22-8-7-9-27-20-21-28(23-46-27)48-35(49)32-13-2-1-10-29(32)25-16-18-26(19-17-25)39(43,44)45/h1-7,9-21,23H,8,22,24H2,(H,47,50)(H,48,49). The van der Waals surface area contributed by atoms with Crippen molar-refractivity contribution in [3.05, 3.63) is 149 Å². The lowest BCUT2D eigenvalue weighted by Crippen LogP contribution is -2.47. The predicted molar refractivity (Wildman–Crippen MR) is 179 cm³/mol. The number of carbonyl (C=O) groups is 2. The molecule has 0 radical (unpaired) electrons. The quantitative estimate of drug-likeness (QED) is 0.152. The number of benzene rings is 4. The number of hydrogen-bond donors (Lipinski definition) is 2. The van der Waals surface area contributed by atoms with Crippen LogP contribution in [0.4, 0.5) is 32.0 Å². The number of fused-ring (bicyclic) bond motifs is 3. The molecule has 0 atom stereocenters. The highest BCUT2D eigenvalue weighted by Gasteiger charge is 2.49. The fraction of sp³-hybridized carbons (Fsp3) is 0.154. The summed E-state index contributed by atoms with van der Waals surface area (Å²) in [5.74, 6) is -1.20. The lowest BCUT2D eigenvalue weighted by atomic mass is 9.73. The summed E-state index contributed by atoms with van der Waals surface area (Å²) in [5, 5.41) is 4.89. The summed E-state index contributed by atoms with van der Waals surface area (Å²) >= 11 is 0. The molecule has 0 aliphatic heterocycles. The molecule has 11 heteroatoms. The van der Waals surface area contributed by atoms with Crippen LogP contribution in [0, 0.1) is 0 Å². The molecule has 0 saturated heterocycles. The number of amides is 2. The normalized spacial score (nSPS) is 13.5. The minimum atomic E-state index is -4.57. The van der Waals surface area contributed by atoms with Gasteiger partial charge in [-0.25, -0.2) is 0 Å². The number of aromatic nitrogens is 1. The molecule has 0 unspecified atom stereocenters. The predicted octanol–water partition coefficient (Wildman–Crippen LogP) is 9.46. The number of hydrogen-bond acceptors (Lipinski definition) is 3. The first kappa shape index (κ1) is 34.2. The Morgan fingerprint density at radius 2 is 1.32 bits per heavy atom. The molecule has 2 N–H and O–H groups in total. The van der Waals surface area contributed by atoms with E-state index in [0.717, 1.165) is 23.3 Å². The maximum Gasteiger partial charge on any atom is 0.416 e. The molecule has 0 saturated carbocycles. The van der Waals surface area contributed by atoms with Crippen LogP contribution < -0.4 is 10.6 Å². The monoisotopic (exact) mass is 685 g/mol. The molecule has 1 heterocycles. The Morgan fingerprint density at radius 1 is 0.720 bits per heavy atom. The van der Waals surface area contributed by atoms with E-state index >= 15 is 0 Å². The van der Waals surface area contributed by atoms with Crippen molar-refractivity contribution >= 4 is 23.6 Å². The van der Waals surface area contributed by atoms with Crippen molar-refractivity contribution in [2.24, 2.45) is 0 Å². The molecule has 1 aliphatic rings. The average Bonchev–Trinajstić information content (AvgIpc) is 3.39.